The minimum atomic E-state index is 0.774. The largest absolute Gasteiger partial charge is 0.316 e. The lowest BCUT2D eigenvalue weighted by atomic mass is 9.83. The van der Waals surface area contributed by atoms with E-state index in [2.05, 4.69) is 22.7 Å². The molecule has 0 amide bonds. The van der Waals surface area contributed by atoms with Crippen molar-refractivity contribution >= 4 is 6.08 Å². The zero-order valence-corrected chi connectivity index (χ0v) is 10.9. The molecule has 0 bridgehead atoms. The first-order valence-electron chi connectivity index (χ1n) is 6.63. The van der Waals surface area contributed by atoms with Crippen molar-refractivity contribution in [1.82, 2.24) is 15.1 Å². The molecule has 1 aliphatic rings. The maximum atomic E-state index is 4.23. The lowest BCUT2D eigenvalue weighted by Gasteiger charge is -2.24. The van der Waals surface area contributed by atoms with Crippen LogP contribution in [0.25, 0.3) is 6.08 Å². The number of hydrogen-bond donors (Lipinski definition) is 1. The van der Waals surface area contributed by atoms with Crippen molar-refractivity contribution in [2.45, 2.75) is 32.1 Å². The van der Waals surface area contributed by atoms with Crippen LogP contribution < -0.4 is 5.32 Å². The Hall–Kier alpha value is -1.09. The average Bonchev–Trinajstić information content (AvgIpc) is 2.75. The van der Waals surface area contributed by atoms with Gasteiger partial charge in [0.25, 0.3) is 0 Å². The predicted molar refractivity (Wildman–Crippen MR) is 71.7 cm³/mol. The monoisotopic (exact) mass is 233 g/mol. The highest BCUT2D eigenvalue weighted by atomic mass is 15.2. The molecule has 1 aromatic heterocycles. The molecule has 0 atom stereocenters. The summed E-state index contributed by atoms with van der Waals surface area (Å²) >= 11 is 0. The van der Waals surface area contributed by atoms with E-state index in [1.54, 1.807) is 5.57 Å². The Labute approximate surface area is 104 Å². The van der Waals surface area contributed by atoms with E-state index >= 15 is 0 Å². The Morgan fingerprint density at radius 1 is 1.47 bits per heavy atom. The van der Waals surface area contributed by atoms with Gasteiger partial charge in [0.15, 0.2) is 0 Å². The lowest BCUT2D eigenvalue weighted by molar-refractivity contribution is 0.398. The highest BCUT2D eigenvalue weighted by Gasteiger charge is 2.17. The van der Waals surface area contributed by atoms with Gasteiger partial charge in [-0.15, -0.1) is 0 Å². The molecule has 1 saturated carbocycles. The van der Waals surface area contributed by atoms with Gasteiger partial charge >= 0.3 is 0 Å². The van der Waals surface area contributed by atoms with Gasteiger partial charge in [-0.25, -0.2) is 0 Å². The fraction of sp³-hybridized carbons (Fsp3) is 0.643. The van der Waals surface area contributed by atoms with Crippen molar-refractivity contribution in [2.75, 3.05) is 13.6 Å². The molecule has 1 heterocycles. The van der Waals surface area contributed by atoms with Crippen LogP contribution in [-0.4, -0.2) is 23.4 Å². The van der Waals surface area contributed by atoms with E-state index in [-0.39, 0.29) is 0 Å². The van der Waals surface area contributed by atoms with Gasteiger partial charge in [-0.1, -0.05) is 30.9 Å². The van der Waals surface area contributed by atoms with Crippen LogP contribution in [0, 0.1) is 5.92 Å². The van der Waals surface area contributed by atoms with Crippen molar-refractivity contribution in [2.24, 2.45) is 13.0 Å². The molecule has 1 aromatic rings. The van der Waals surface area contributed by atoms with E-state index in [1.807, 2.05) is 25.0 Å². The highest BCUT2D eigenvalue weighted by Crippen LogP contribution is 2.30. The third-order valence-corrected chi connectivity index (χ3v) is 3.59. The predicted octanol–water partition coefficient (Wildman–Crippen LogP) is 2.60. The molecule has 3 heteroatoms. The van der Waals surface area contributed by atoms with Gasteiger partial charge in [0.2, 0.25) is 0 Å². The van der Waals surface area contributed by atoms with Crippen LogP contribution in [-0.2, 0) is 7.05 Å². The van der Waals surface area contributed by atoms with Crippen LogP contribution in [0.15, 0.2) is 18.0 Å². The SMILES string of the molecule is CNCC(=Cc1cnn(C)c1)C1CCCCC1. The van der Waals surface area contributed by atoms with E-state index in [1.165, 1.54) is 37.7 Å². The Morgan fingerprint density at radius 2 is 2.24 bits per heavy atom. The number of aromatic nitrogens is 2. The zero-order chi connectivity index (χ0) is 12.1. The normalized spacial score (nSPS) is 18.6. The van der Waals surface area contributed by atoms with Gasteiger partial charge in [-0.3, -0.25) is 4.68 Å². The molecule has 0 aromatic carbocycles. The highest BCUT2D eigenvalue weighted by molar-refractivity contribution is 5.52. The van der Waals surface area contributed by atoms with Crippen LogP contribution in [0.3, 0.4) is 0 Å². The first-order chi connectivity index (χ1) is 8.29. The van der Waals surface area contributed by atoms with Gasteiger partial charge in [-0.2, -0.15) is 5.10 Å². The summed E-state index contributed by atoms with van der Waals surface area (Å²) < 4.78 is 1.86. The summed E-state index contributed by atoms with van der Waals surface area (Å²) in [6.45, 7) is 1.000. The molecule has 0 unspecified atom stereocenters. The van der Waals surface area contributed by atoms with Crippen molar-refractivity contribution in [1.29, 1.82) is 0 Å². The molecule has 0 saturated heterocycles. The van der Waals surface area contributed by atoms with Crippen LogP contribution in [0.2, 0.25) is 0 Å². The van der Waals surface area contributed by atoms with E-state index in [4.69, 9.17) is 0 Å². The molecule has 2 rings (SSSR count). The number of rotatable bonds is 4. The topological polar surface area (TPSA) is 29.9 Å². The second-order valence-corrected chi connectivity index (χ2v) is 5.03. The van der Waals surface area contributed by atoms with E-state index < -0.39 is 0 Å². The maximum absolute atomic E-state index is 4.23. The fourth-order valence-electron chi connectivity index (χ4n) is 2.72. The molecule has 0 radical (unpaired) electrons. The van der Waals surface area contributed by atoms with Gasteiger partial charge in [-0.05, 0) is 25.8 Å². The van der Waals surface area contributed by atoms with Crippen LogP contribution in [0.1, 0.15) is 37.7 Å². The standard InChI is InChI=1S/C14H23N3/c1-15-10-14(13-6-4-3-5-7-13)8-12-9-16-17(2)11-12/h8-9,11,13,15H,3-7,10H2,1-2H3. The number of nitrogens with zero attached hydrogens (tertiary/aromatic N) is 2. The number of likely N-dealkylation sites (N-methyl/N-ethyl adjacent to an activating group) is 1. The number of nitrogens with one attached hydrogen (secondary N) is 1. The molecule has 3 nitrogen and oxygen atoms in total. The third kappa shape index (κ3) is 3.43. The minimum Gasteiger partial charge on any atom is -0.316 e. The quantitative estimate of drug-likeness (QED) is 0.866. The molecule has 94 valence electrons. The second-order valence-electron chi connectivity index (χ2n) is 5.03. The van der Waals surface area contributed by atoms with Crippen molar-refractivity contribution in [3.05, 3.63) is 23.5 Å². The molecule has 1 N–H and O–H groups in total. The Balaban J connectivity index is 2.12. The summed E-state index contributed by atoms with van der Waals surface area (Å²) in [7, 11) is 4.00. The Bertz CT molecular complexity index is 373. The van der Waals surface area contributed by atoms with E-state index in [0.717, 1.165) is 12.5 Å². The first-order valence-corrected chi connectivity index (χ1v) is 6.63. The first kappa shape index (κ1) is 12.4. The Morgan fingerprint density at radius 3 is 2.82 bits per heavy atom. The summed E-state index contributed by atoms with van der Waals surface area (Å²) in [5, 5.41) is 7.52. The third-order valence-electron chi connectivity index (χ3n) is 3.59. The summed E-state index contributed by atoms with van der Waals surface area (Å²) in [6.07, 6.45) is 13.2. The zero-order valence-electron chi connectivity index (χ0n) is 10.9. The molecule has 0 spiro atoms. The van der Waals surface area contributed by atoms with Gasteiger partial charge < -0.3 is 5.32 Å². The van der Waals surface area contributed by atoms with E-state index in [9.17, 15) is 0 Å². The average molecular weight is 233 g/mol. The number of aryl methyl sites for hydroxylation is 1. The van der Waals surface area contributed by atoms with Crippen molar-refractivity contribution in [3.63, 3.8) is 0 Å². The van der Waals surface area contributed by atoms with Gasteiger partial charge in [0, 0.05) is 25.4 Å². The van der Waals surface area contributed by atoms with Crippen LogP contribution in [0.4, 0.5) is 0 Å². The lowest BCUT2D eigenvalue weighted by Crippen LogP contribution is -2.19. The van der Waals surface area contributed by atoms with Crippen molar-refractivity contribution in [3.8, 4) is 0 Å². The van der Waals surface area contributed by atoms with Crippen molar-refractivity contribution < 1.29 is 0 Å². The maximum Gasteiger partial charge on any atom is 0.0562 e. The molecule has 0 aliphatic heterocycles. The van der Waals surface area contributed by atoms with Gasteiger partial charge in [0.05, 0.1) is 6.20 Å². The fourth-order valence-corrected chi connectivity index (χ4v) is 2.72. The summed E-state index contributed by atoms with van der Waals surface area (Å²) in [5.74, 6) is 0.774. The molecular weight excluding hydrogens is 210 g/mol. The summed E-state index contributed by atoms with van der Waals surface area (Å²) in [5.41, 5.74) is 2.77. The minimum absolute atomic E-state index is 0.774. The summed E-state index contributed by atoms with van der Waals surface area (Å²) in [4.78, 5) is 0. The smallest absolute Gasteiger partial charge is 0.0562 e. The van der Waals surface area contributed by atoms with Crippen LogP contribution in [0.5, 0.6) is 0 Å². The van der Waals surface area contributed by atoms with Crippen LogP contribution >= 0.6 is 0 Å². The van der Waals surface area contributed by atoms with Gasteiger partial charge in [0.1, 0.15) is 0 Å². The molecule has 1 fully saturated rings. The Kier molecular flexibility index (Phi) is 4.37. The molecular formula is C14H23N3. The number of hydrogen-bond acceptors (Lipinski definition) is 2. The molecule has 17 heavy (non-hydrogen) atoms. The second kappa shape index (κ2) is 6.01. The summed E-state index contributed by atoms with van der Waals surface area (Å²) in [6, 6.07) is 0. The van der Waals surface area contributed by atoms with E-state index in [0.29, 0.717) is 0 Å². The molecule has 1 aliphatic carbocycles.